The van der Waals surface area contributed by atoms with E-state index >= 15 is 0 Å². The van der Waals surface area contributed by atoms with Crippen LogP contribution in [0.4, 0.5) is 13.9 Å². The SMILES string of the molecule is O=C(Nc1nc2ccc(OC(F)F)cc2s1)c1ccc(COc2cccc3ccccc23)o1. The Bertz CT molecular complexity index is 1440. The number of amides is 1. The average molecular weight is 466 g/mol. The number of nitrogens with one attached hydrogen (secondary N) is 1. The number of benzene rings is 3. The van der Waals surface area contributed by atoms with E-state index in [-0.39, 0.29) is 18.1 Å². The summed E-state index contributed by atoms with van der Waals surface area (Å²) in [5, 5.41) is 5.03. The molecule has 0 bridgehead atoms. The van der Waals surface area contributed by atoms with Crippen LogP contribution in [0.25, 0.3) is 21.0 Å². The molecule has 0 saturated carbocycles. The number of carbonyl (C=O) groups is 1. The first-order valence-electron chi connectivity index (χ1n) is 9.91. The number of ether oxygens (including phenoxy) is 2. The Kier molecular flexibility index (Phi) is 5.62. The molecule has 0 aliphatic carbocycles. The van der Waals surface area contributed by atoms with Gasteiger partial charge in [-0.05, 0) is 41.8 Å². The summed E-state index contributed by atoms with van der Waals surface area (Å²) in [6.45, 7) is -2.75. The summed E-state index contributed by atoms with van der Waals surface area (Å²) >= 11 is 1.14. The van der Waals surface area contributed by atoms with Crippen LogP contribution in [-0.2, 0) is 6.61 Å². The number of anilines is 1. The monoisotopic (exact) mass is 466 g/mol. The highest BCUT2D eigenvalue weighted by Gasteiger charge is 2.15. The second-order valence-corrected chi connectivity index (χ2v) is 8.04. The summed E-state index contributed by atoms with van der Waals surface area (Å²) < 4.78 is 41.3. The number of furan rings is 1. The van der Waals surface area contributed by atoms with Gasteiger partial charge in [0, 0.05) is 5.39 Å². The molecule has 166 valence electrons. The quantitative estimate of drug-likeness (QED) is 0.297. The summed E-state index contributed by atoms with van der Waals surface area (Å²) in [4.78, 5) is 16.9. The molecule has 0 aliphatic rings. The largest absolute Gasteiger partial charge is 0.485 e. The number of hydrogen-bond acceptors (Lipinski definition) is 6. The van der Waals surface area contributed by atoms with Crippen LogP contribution in [0.2, 0.25) is 0 Å². The Balaban J connectivity index is 1.25. The van der Waals surface area contributed by atoms with Crippen LogP contribution >= 0.6 is 11.3 Å². The second-order valence-electron chi connectivity index (χ2n) is 7.01. The third-order valence-corrected chi connectivity index (χ3v) is 5.74. The molecule has 0 spiro atoms. The third kappa shape index (κ3) is 4.63. The van der Waals surface area contributed by atoms with Crippen molar-refractivity contribution in [2.24, 2.45) is 0 Å². The van der Waals surface area contributed by atoms with Gasteiger partial charge in [0.2, 0.25) is 0 Å². The maximum absolute atomic E-state index is 12.6. The van der Waals surface area contributed by atoms with Crippen molar-refractivity contribution < 1.29 is 27.5 Å². The molecule has 0 radical (unpaired) electrons. The minimum absolute atomic E-state index is 0.0286. The predicted molar refractivity (Wildman–Crippen MR) is 121 cm³/mol. The van der Waals surface area contributed by atoms with Crippen LogP contribution in [0.3, 0.4) is 0 Å². The normalized spacial score (nSPS) is 11.2. The molecule has 0 saturated heterocycles. The lowest BCUT2D eigenvalue weighted by Gasteiger charge is -2.07. The molecule has 33 heavy (non-hydrogen) atoms. The first-order chi connectivity index (χ1) is 16.0. The first-order valence-corrected chi connectivity index (χ1v) is 10.7. The molecule has 6 nitrogen and oxygen atoms in total. The van der Waals surface area contributed by atoms with Crippen molar-refractivity contribution in [2.75, 3.05) is 5.32 Å². The molecule has 0 fully saturated rings. The zero-order chi connectivity index (χ0) is 22.8. The van der Waals surface area contributed by atoms with E-state index in [2.05, 4.69) is 15.0 Å². The zero-order valence-corrected chi connectivity index (χ0v) is 17.8. The van der Waals surface area contributed by atoms with Gasteiger partial charge in [0.05, 0.1) is 10.2 Å². The predicted octanol–water partition coefficient (Wildman–Crippen LogP) is 6.48. The van der Waals surface area contributed by atoms with Crippen LogP contribution in [-0.4, -0.2) is 17.5 Å². The highest BCUT2D eigenvalue weighted by molar-refractivity contribution is 7.22. The van der Waals surface area contributed by atoms with E-state index in [1.165, 1.54) is 12.1 Å². The lowest BCUT2D eigenvalue weighted by molar-refractivity contribution is -0.0497. The smallest absolute Gasteiger partial charge is 0.387 e. The number of nitrogens with zero attached hydrogens (tertiary/aromatic N) is 1. The number of alkyl halides is 2. The van der Waals surface area contributed by atoms with E-state index < -0.39 is 12.5 Å². The van der Waals surface area contributed by atoms with E-state index in [1.807, 2.05) is 42.5 Å². The lowest BCUT2D eigenvalue weighted by atomic mass is 10.1. The fraction of sp³-hybridized carbons (Fsp3) is 0.0833. The fourth-order valence-corrected chi connectivity index (χ4v) is 4.23. The summed E-state index contributed by atoms with van der Waals surface area (Å²) in [6.07, 6.45) is 0. The Morgan fingerprint density at radius 1 is 1.06 bits per heavy atom. The van der Waals surface area contributed by atoms with Crippen molar-refractivity contribution in [3.05, 3.63) is 84.3 Å². The van der Waals surface area contributed by atoms with Crippen LogP contribution in [0, 0.1) is 0 Å². The summed E-state index contributed by atoms with van der Waals surface area (Å²) in [5.74, 6) is 0.870. The van der Waals surface area contributed by atoms with E-state index in [4.69, 9.17) is 9.15 Å². The molecule has 5 aromatic rings. The zero-order valence-electron chi connectivity index (χ0n) is 17.0. The van der Waals surface area contributed by atoms with Gasteiger partial charge in [-0.1, -0.05) is 47.7 Å². The second kappa shape index (κ2) is 8.87. The fourth-order valence-electron chi connectivity index (χ4n) is 3.34. The van der Waals surface area contributed by atoms with Gasteiger partial charge in [-0.25, -0.2) is 4.98 Å². The maximum Gasteiger partial charge on any atom is 0.387 e. The summed E-state index contributed by atoms with van der Waals surface area (Å²) in [7, 11) is 0. The first kappa shape index (κ1) is 20.9. The van der Waals surface area contributed by atoms with E-state index in [1.54, 1.807) is 18.2 Å². The standard InChI is InChI=1S/C24H16F2N2O4S/c25-23(26)32-15-8-10-18-21(12-15)33-24(27-18)28-22(29)20-11-9-16(31-20)13-30-19-7-3-5-14-4-1-2-6-17(14)19/h1-12,23H,13H2,(H,27,28,29). The molecule has 9 heteroatoms. The van der Waals surface area contributed by atoms with Gasteiger partial charge in [-0.3, -0.25) is 10.1 Å². The summed E-state index contributed by atoms with van der Waals surface area (Å²) in [6, 6.07) is 21.3. The average Bonchev–Trinajstić information content (AvgIpc) is 3.43. The highest BCUT2D eigenvalue weighted by atomic mass is 32.1. The molecule has 1 N–H and O–H groups in total. The van der Waals surface area contributed by atoms with Crippen molar-refractivity contribution in [2.45, 2.75) is 13.2 Å². The number of rotatable bonds is 7. The number of thiazole rings is 1. The Morgan fingerprint density at radius 3 is 2.79 bits per heavy atom. The molecule has 1 amide bonds. The van der Waals surface area contributed by atoms with Gasteiger partial charge in [-0.15, -0.1) is 0 Å². The van der Waals surface area contributed by atoms with Crippen LogP contribution in [0.1, 0.15) is 16.3 Å². The Labute approximate surface area is 190 Å². The number of halogens is 2. The molecule has 5 rings (SSSR count). The molecule has 2 heterocycles. The molecule has 0 aliphatic heterocycles. The number of fused-ring (bicyclic) bond motifs is 2. The van der Waals surface area contributed by atoms with Crippen LogP contribution in [0.5, 0.6) is 11.5 Å². The van der Waals surface area contributed by atoms with E-state index in [0.717, 1.165) is 27.9 Å². The van der Waals surface area contributed by atoms with Gasteiger partial charge >= 0.3 is 6.61 Å². The third-order valence-electron chi connectivity index (χ3n) is 4.81. The van der Waals surface area contributed by atoms with Crippen molar-refractivity contribution in [3.63, 3.8) is 0 Å². The highest BCUT2D eigenvalue weighted by Crippen LogP contribution is 2.30. The minimum Gasteiger partial charge on any atom is -0.485 e. The summed E-state index contributed by atoms with van der Waals surface area (Å²) in [5.41, 5.74) is 0.556. The van der Waals surface area contributed by atoms with Crippen LogP contribution in [0.15, 0.2) is 77.2 Å². The van der Waals surface area contributed by atoms with Gasteiger partial charge in [0.15, 0.2) is 10.9 Å². The van der Waals surface area contributed by atoms with Crippen molar-refractivity contribution in [3.8, 4) is 11.5 Å². The molecule has 0 unspecified atom stereocenters. The molecule has 0 atom stereocenters. The maximum atomic E-state index is 12.6. The van der Waals surface area contributed by atoms with E-state index in [0.29, 0.717) is 21.1 Å². The van der Waals surface area contributed by atoms with Crippen molar-refractivity contribution in [1.29, 1.82) is 0 Å². The Hall–Kier alpha value is -3.98. The van der Waals surface area contributed by atoms with Gasteiger partial charge < -0.3 is 13.9 Å². The molecule has 3 aromatic carbocycles. The number of aromatic nitrogens is 1. The van der Waals surface area contributed by atoms with Gasteiger partial charge in [0.1, 0.15) is 23.9 Å². The lowest BCUT2D eigenvalue weighted by Crippen LogP contribution is -2.10. The number of hydrogen-bond donors (Lipinski definition) is 1. The van der Waals surface area contributed by atoms with Crippen molar-refractivity contribution >= 4 is 43.4 Å². The topological polar surface area (TPSA) is 73.6 Å². The Morgan fingerprint density at radius 2 is 1.91 bits per heavy atom. The molecule has 2 aromatic heterocycles. The molecular weight excluding hydrogens is 450 g/mol. The molecular formula is C24H16F2N2O4S. The van der Waals surface area contributed by atoms with E-state index in [9.17, 15) is 13.6 Å². The minimum atomic E-state index is -2.91. The van der Waals surface area contributed by atoms with Crippen molar-refractivity contribution in [1.82, 2.24) is 4.98 Å². The van der Waals surface area contributed by atoms with Gasteiger partial charge in [-0.2, -0.15) is 8.78 Å². The van der Waals surface area contributed by atoms with Gasteiger partial charge in [0.25, 0.3) is 5.91 Å². The van der Waals surface area contributed by atoms with Crippen LogP contribution < -0.4 is 14.8 Å². The number of carbonyl (C=O) groups excluding carboxylic acids is 1.